The lowest BCUT2D eigenvalue weighted by Gasteiger charge is -2.12. The molecule has 0 heteroatoms. The van der Waals surface area contributed by atoms with Crippen molar-refractivity contribution in [3.05, 3.63) is 97.1 Å². The molecule has 0 fully saturated rings. The molecule has 0 saturated carbocycles. The molecule has 0 unspecified atom stereocenters. The molecule has 2 aromatic carbocycles. The van der Waals surface area contributed by atoms with Crippen LogP contribution in [0.3, 0.4) is 0 Å². The van der Waals surface area contributed by atoms with E-state index in [1.807, 2.05) is 65.0 Å². The number of hydrogen-bond acceptors (Lipinski definition) is 0. The molecule has 0 aromatic heterocycles. The van der Waals surface area contributed by atoms with E-state index >= 15 is 0 Å². The first-order valence-electron chi connectivity index (χ1n) is 8.68. The Morgan fingerprint density at radius 2 is 1.17 bits per heavy atom. The second kappa shape index (κ2) is 15.6. The van der Waals surface area contributed by atoms with E-state index in [9.17, 15) is 0 Å². The molecule has 0 aliphatic carbocycles. The quantitative estimate of drug-likeness (QED) is 0.397. The maximum absolute atomic E-state index is 4.16. The van der Waals surface area contributed by atoms with E-state index in [2.05, 4.69) is 50.9 Å². The van der Waals surface area contributed by atoms with Crippen LogP contribution in [0.25, 0.3) is 11.1 Å². The smallest absolute Gasteiger partial charge is 0.0155 e. The summed E-state index contributed by atoms with van der Waals surface area (Å²) in [5.74, 6) is 0. The Balaban J connectivity index is 0. The molecule has 0 spiro atoms. The molecule has 0 radical (unpaired) electrons. The van der Waals surface area contributed by atoms with E-state index in [1.54, 1.807) is 6.08 Å². The van der Waals surface area contributed by atoms with E-state index in [-0.39, 0.29) is 0 Å². The fourth-order valence-electron chi connectivity index (χ4n) is 1.89. The number of aryl methyl sites for hydroxylation is 1. The van der Waals surface area contributed by atoms with Crippen LogP contribution >= 0.6 is 0 Å². The van der Waals surface area contributed by atoms with E-state index in [4.69, 9.17) is 0 Å². The van der Waals surface area contributed by atoms with Crippen molar-refractivity contribution >= 4 is 11.1 Å². The van der Waals surface area contributed by atoms with E-state index in [1.165, 1.54) is 11.1 Å². The van der Waals surface area contributed by atoms with Crippen molar-refractivity contribution in [3.8, 4) is 0 Å². The Morgan fingerprint density at radius 1 is 0.750 bits per heavy atom. The van der Waals surface area contributed by atoms with Gasteiger partial charge in [-0.1, -0.05) is 102 Å². The van der Waals surface area contributed by atoms with Gasteiger partial charge in [-0.05, 0) is 41.7 Å². The third-order valence-corrected chi connectivity index (χ3v) is 2.96. The molecular weight excluding hydrogens is 288 g/mol. The standard InChI is InChI=1S/C17H16.C3H6.2C2H6/c1-13-9-7-8-12-17(13)15(3)14(2)16-10-5-4-6-11-16;1-3-2;2*1-2/h4-12H,2-3H2,1H3;3H,1H2,2H3;2*1-2H3. The third kappa shape index (κ3) is 8.33. The summed E-state index contributed by atoms with van der Waals surface area (Å²) < 4.78 is 0. The van der Waals surface area contributed by atoms with Crippen LogP contribution < -0.4 is 0 Å². The molecular formula is C24H34. The molecule has 2 rings (SSSR count). The van der Waals surface area contributed by atoms with Gasteiger partial charge in [-0.15, -0.1) is 6.58 Å². The zero-order valence-corrected chi connectivity index (χ0v) is 16.4. The van der Waals surface area contributed by atoms with Crippen LogP contribution in [0, 0.1) is 6.92 Å². The number of hydrogen-bond donors (Lipinski definition) is 0. The molecule has 0 heterocycles. The van der Waals surface area contributed by atoms with Crippen molar-refractivity contribution in [2.24, 2.45) is 0 Å². The summed E-state index contributed by atoms with van der Waals surface area (Å²) in [5, 5.41) is 0. The lowest BCUT2D eigenvalue weighted by molar-refractivity contribution is 1.43. The average Bonchev–Trinajstić information content (AvgIpc) is 2.65. The van der Waals surface area contributed by atoms with E-state index in [0.717, 1.165) is 16.7 Å². The zero-order chi connectivity index (χ0) is 19.0. The van der Waals surface area contributed by atoms with Crippen molar-refractivity contribution < 1.29 is 0 Å². The van der Waals surface area contributed by atoms with Gasteiger partial charge < -0.3 is 0 Å². The first-order chi connectivity index (χ1) is 11.6. The normalized spacial score (nSPS) is 8.08. The third-order valence-electron chi connectivity index (χ3n) is 2.96. The number of allylic oxidation sites excluding steroid dienone is 3. The molecule has 0 aliphatic rings. The van der Waals surface area contributed by atoms with Gasteiger partial charge in [0.05, 0.1) is 0 Å². The number of rotatable bonds is 3. The van der Waals surface area contributed by atoms with Gasteiger partial charge in [0, 0.05) is 0 Å². The van der Waals surface area contributed by atoms with Gasteiger partial charge in [0.2, 0.25) is 0 Å². The fraction of sp³-hybridized carbons (Fsp3) is 0.250. The van der Waals surface area contributed by atoms with Crippen LogP contribution in [0.2, 0.25) is 0 Å². The SMILES string of the molecule is C=C(C(=C)c1ccccc1C)c1ccccc1.C=CC.CC.CC. The van der Waals surface area contributed by atoms with Crippen LogP contribution in [-0.2, 0) is 0 Å². The molecule has 0 atom stereocenters. The van der Waals surface area contributed by atoms with Gasteiger partial charge in [-0.25, -0.2) is 0 Å². The molecule has 0 saturated heterocycles. The average molecular weight is 323 g/mol. The van der Waals surface area contributed by atoms with Gasteiger partial charge >= 0.3 is 0 Å². The van der Waals surface area contributed by atoms with Crippen molar-refractivity contribution in [2.45, 2.75) is 41.5 Å². The van der Waals surface area contributed by atoms with Crippen LogP contribution in [0.5, 0.6) is 0 Å². The van der Waals surface area contributed by atoms with Crippen LogP contribution in [0.15, 0.2) is 80.4 Å². The Hall–Kier alpha value is -2.34. The minimum Gasteiger partial charge on any atom is -0.103 e. The van der Waals surface area contributed by atoms with Crippen molar-refractivity contribution in [1.29, 1.82) is 0 Å². The highest BCUT2D eigenvalue weighted by Crippen LogP contribution is 2.29. The second-order valence-electron chi connectivity index (χ2n) is 4.55. The topological polar surface area (TPSA) is 0 Å². The molecule has 24 heavy (non-hydrogen) atoms. The van der Waals surface area contributed by atoms with E-state index < -0.39 is 0 Å². The lowest BCUT2D eigenvalue weighted by atomic mass is 9.92. The Bertz CT molecular complexity index is 588. The van der Waals surface area contributed by atoms with Crippen molar-refractivity contribution in [1.82, 2.24) is 0 Å². The van der Waals surface area contributed by atoms with Gasteiger partial charge in [0.1, 0.15) is 0 Å². The maximum Gasteiger partial charge on any atom is -0.0155 e. The molecule has 0 amide bonds. The summed E-state index contributed by atoms with van der Waals surface area (Å²) in [6, 6.07) is 18.4. The highest BCUT2D eigenvalue weighted by Gasteiger charge is 2.07. The summed E-state index contributed by atoms with van der Waals surface area (Å²) in [6.45, 7) is 23.7. The minimum absolute atomic E-state index is 0.986. The van der Waals surface area contributed by atoms with Gasteiger partial charge in [-0.2, -0.15) is 0 Å². The minimum atomic E-state index is 0.986. The lowest BCUT2D eigenvalue weighted by Crippen LogP contribution is -1.90. The van der Waals surface area contributed by atoms with Crippen LogP contribution in [-0.4, -0.2) is 0 Å². The van der Waals surface area contributed by atoms with Crippen molar-refractivity contribution in [3.63, 3.8) is 0 Å². The summed E-state index contributed by atoms with van der Waals surface area (Å²) in [6.07, 6.45) is 1.75. The largest absolute Gasteiger partial charge is 0.103 e. The number of benzene rings is 2. The summed E-state index contributed by atoms with van der Waals surface area (Å²) in [5.41, 5.74) is 5.51. The predicted octanol–water partition coefficient (Wildman–Crippen LogP) is 7.97. The Kier molecular flexibility index (Phi) is 15.5. The molecule has 0 N–H and O–H groups in total. The molecule has 0 aliphatic heterocycles. The van der Waals surface area contributed by atoms with Crippen LogP contribution in [0.4, 0.5) is 0 Å². The molecule has 0 bridgehead atoms. The predicted molar refractivity (Wildman–Crippen MR) is 114 cm³/mol. The summed E-state index contributed by atoms with van der Waals surface area (Å²) >= 11 is 0. The Morgan fingerprint density at radius 3 is 1.62 bits per heavy atom. The van der Waals surface area contributed by atoms with Crippen LogP contribution in [0.1, 0.15) is 51.3 Å². The molecule has 130 valence electrons. The van der Waals surface area contributed by atoms with Gasteiger partial charge in [-0.3, -0.25) is 0 Å². The van der Waals surface area contributed by atoms with E-state index in [0.29, 0.717) is 0 Å². The molecule has 0 nitrogen and oxygen atoms in total. The highest BCUT2D eigenvalue weighted by atomic mass is 14.1. The van der Waals surface area contributed by atoms with Crippen molar-refractivity contribution in [2.75, 3.05) is 0 Å². The summed E-state index contributed by atoms with van der Waals surface area (Å²) in [4.78, 5) is 0. The van der Waals surface area contributed by atoms with Gasteiger partial charge in [0.25, 0.3) is 0 Å². The Labute approximate surface area is 150 Å². The zero-order valence-electron chi connectivity index (χ0n) is 16.4. The monoisotopic (exact) mass is 322 g/mol. The second-order valence-corrected chi connectivity index (χ2v) is 4.55. The van der Waals surface area contributed by atoms with Gasteiger partial charge in [0.15, 0.2) is 0 Å². The maximum atomic E-state index is 4.16. The molecule has 2 aromatic rings. The first-order valence-corrected chi connectivity index (χ1v) is 8.68. The highest BCUT2D eigenvalue weighted by molar-refractivity contribution is 6.03. The summed E-state index contributed by atoms with van der Waals surface area (Å²) in [7, 11) is 0. The first kappa shape index (κ1) is 23.9. The fourth-order valence-corrected chi connectivity index (χ4v) is 1.89.